The second kappa shape index (κ2) is 9.61. The van der Waals surface area contributed by atoms with Gasteiger partial charge in [0, 0.05) is 5.56 Å². The molecule has 0 N–H and O–H groups in total. The quantitative estimate of drug-likeness (QED) is 0.258. The van der Waals surface area contributed by atoms with Crippen molar-refractivity contribution in [2.75, 3.05) is 0 Å². The first-order valence-electron chi connectivity index (χ1n) is 10.6. The van der Waals surface area contributed by atoms with Crippen LogP contribution in [0.15, 0.2) is 42.5 Å². The highest BCUT2D eigenvalue weighted by molar-refractivity contribution is 5.82. The van der Waals surface area contributed by atoms with Gasteiger partial charge in [-0.05, 0) is 66.4 Å². The van der Waals surface area contributed by atoms with E-state index in [1.165, 1.54) is 0 Å². The van der Waals surface area contributed by atoms with Crippen molar-refractivity contribution in [3.8, 4) is 22.3 Å². The van der Waals surface area contributed by atoms with Crippen molar-refractivity contribution >= 4 is 0 Å². The molecule has 0 fully saturated rings. The summed E-state index contributed by atoms with van der Waals surface area (Å²) in [6.07, 6.45) is -28.4. The summed E-state index contributed by atoms with van der Waals surface area (Å²) in [5.74, 6) is 0. The normalized spacial score (nSPS) is 13.6. The fourth-order valence-electron chi connectivity index (χ4n) is 4.13. The fourth-order valence-corrected chi connectivity index (χ4v) is 4.13. The number of aryl methyl sites for hydroxylation is 2. The summed E-state index contributed by atoms with van der Waals surface area (Å²) >= 11 is 0. The Kier molecular flexibility index (Phi) is 7.48. The largest absolute Gasteiger partial charge is 0.417 e. The lowest BCUT2D eigenvalue weighted by Crippen LogP contribution is -2.19. The van der Waals surface area contributed by atoms with Gasteiger partial charge in [-0.2, -0.15) is 65.9 Å². The van der Waals surface area contributed by atoms with Gasteiger partial charge in [0.05, 0.1) is 27.8 Å². The van der Waals surface area contributed by atoms with Crippen LogP contribution >= 0.6 is 0 Å². The maximum atomic E-state index is 14.1. The Bertz CT molecular complexity index is 1390. The Hall–Kier alpha value is -3.39. The predicted octanol–water partition coefficient (Wildman–Crippen LogP) is 10.7. The van der Waals surface area contributed by atoms with Crippen LogP contribution in [0.1, 0.15) is 38.9 Å². The van der Waals surface area contributed by atoms with Crippen molar-refractivity contribution in [3.63, 3.8) is 0 Å². The van der Waals surface area contributed by atoms with E-state index in [1.807, 2.05) is 0 Å². The standard InChI is InChI=1S/C25H13F15/c1-10-3-4-13(16(5-10)22(29,30)31)12-7-18(24(35,36)37)20(19(8-12)25(38,39)40)14-9-15(21(26,27)28)11(2)6-17(14)23(32,33)34/h3-9H,1-2H3. The van der Waals surface area contributed by atoms with E-state index in [-0.39, 0.29) is 23.8 Å². The van der Waals surface area contributed by atoms with Gasteiger partial charge < -0.3 is 0 Å². The molecule has 0 nitrogen and oxygen atoms in total. The highest BCUT2D eigenvalue weighted by atomic mass is 19.4. The second-order valence-corrected chi connectivity index (χ2v) is 8.70. The first-order valence-corrected chi connectivity index (χ1v) is 10.6. The smallest absolute Gasteiger partial charge is 0.166 e. The van der Waals surface area contributed by atoms with Crippen LogP contribution in [0.25, 0.3) is 22.3 Å². The number of hydrogen-bond acceptors (Lipinski definition) is 0. The van der Waals surface area contributed by atoms with Crippen LogP contribution in [0.3, 0.4) is 0 Å². The summed E-state index contributed by atoms with van der Waals surface area (Å²) in [6, 6.07) is 0.716. The topological polar surface area (TPSA) is 0 Å². The SMILES string of the molecule is Cc1ccc(-c2cc(C(F)(F)F)c(-c3cc(C(F)(F)F)c(C)cc3C(F)(F)F)c(C(F)(F)F)c2)c(C(F)(F)F)c1. The third-order valence-corrected chi connectivity index (χ3v) is 5.79. The first-order chi connectivity index (χ1) is 17.8. The van der Waals surface area contributed by atoms with Crippen LogP contribution in [0.4, 0.5) is 65.9 Å². The van der Waals surface area contributed by atoms with Gasteiger partial charge in [0.2, 0.25) is 0 Å². The van der Waals surface area contributed by atoms with E-state index in [0.717, 1.165) is 13.0 Å². The highest BCUT2D eigenvalue weighted by Gasteiger charge is 2.46. The fraction of sp³-hybridized carbons (Fsp3) is 0.280. The van der Waals surface area contributed by atoms with Crippen molar-refractivity contribution in [2.24, 2.45) is 0 Å². The Balaban J connectivity index is 2.62. The van der Waals surface area contributed by atoms with E-state index >= 15 is 0 Å². The maximum Gasteiger partial charge on any atom is 0.417 e. The van der Waals surface area contributed by atoms with Gasteiger partial charge in [-0.1, -0.05) is 17.7 Å². The molecule has 3 rings (SSSR count). The molecule has 218 valence electrons. The van der Waals surface area contributed by atoms with E-state index < -0.39 is 92.6 Å². The van der Waals surface area contributed by atoms with E-state index in [4.69, 9.17) is 0 Å². The van der Waals surface area contributed by atoms with Gasteiger partial charge >= 0.3 is 30.9 Å². The average molecular weight is 598 g/mol. The van der Waals surface area contributed by atoms with Crippen LogP contribution in [-0.4, -0.2) is 0 Å². The van der Waals surface area contributed by atoms with Crippen LogP contribution in [-0.2, 0) is 30.9 Å². The zero-order valence-electron chi connectivity index (χ0n) is 19.7. The van der Waals surface area contributed by atoms with Gasteiger partial charge in [0.25, 0.3) is 0 Å². The molecular weight excluding hydrogens is 585 g/mol. The lowest BCUT2D eigenvalue weighted by Gasteiger charge is -2.25. The van der Waals surface area contributed by atoms with Gasteiger partial charge in [0.1, 0.15) is 0 Å². The molecule has 0 atom stereocenters. The molecule has 15 heteroatoms. The van der Waals surface area contributed by atoms with E-state index in [1.54, 1.807) is 0 Å². The number of alkyl halides is 15. The lowest BCUT2D eigenvalue weighted by atomic mass is 9.84. The van der Waals surface area contributed by atoms with Gasteiger partial charge in [-0.25, -0.2) is 0 Å². The van der Waals surface area contributed by atoms with Crippen molar-refractivity contribution < 1.29 is 65.9 Å². The van der Waals surface area contributed by atoms with Crippen LogP contribution in [0, 0.1) is 13.8 Å². The van der Waals surface area contributed by atoms with Gasteiger partial charge in [-0.15, -0.1) is 0 Å². The Morgan fingerprint density at radius 2 is 0.800 bits per heavy atom. The molecule has 0 heterocycles. The highest BCUT2D eigenvalue weighted by Crippen LogP contribution is 2.51. The van der Waals surface area contributed by atoms with Crippen LogP contribution < -0.4 is 0 Å². The second-order valence-electron chi connectivity index (χ2n) is 8.70. The number of hydrogen-bond donors (Lipinski definition) is 0. The first kappa shape index (κ1) is 31.1. The molecule has 0 radical (unpaired) electrons. The van der Waals surface area contributed by atoms with Crippen LogP contribution in [0.2, 0.25) is 0 Å². The molecule has 0 amide bonds. The van der Waals surface area contributed by atoms with Crippen molar-refractivity contribution in [1.29, 1.82) is 0 Å². The molecule has 0 bridgehead atoms. The van der Waals surface area contributed by atoms with E-state index in [0.29, 0.717) is 19.1 Å². The molecule has 40 heavy (non-hydrogen) atoms. The predicted molar refractivity (Wildman–Crippen MR) is 112 cm³/mol. The van der Waals surface area contributed by atoms with Crippen LogP contribution in [0.5, 0.6) is 0 Å². The zero-order chi connectivity index (χ0) is 30.8. The molecule has 0 saturated heterocycles. The molecule has 0 aliphatic carbocycles. The minimum Gasteiger partial charge on any atom is -0.166 e. The molecule has 0 aromatic heterocycles. The number of benzene rings is 3. The molecule has 3 aromatic rings. The molecule has 0 saturated carbocycles. The molecule has 3 aromatic carbocycles. The Labute approximate surface area is 215 Å². The lowest BCUT2D eigenvalue weighted by molar-refractivity contribution is -0.143. The van der Waals surface area contributed by atoms with Gasteiger partial charge in [0.15, 0.2) is 0 Å². The summed E-state index contributed by atoms with van der Waals surface area (Å²) in [5, 5.41) is 0. The molecule has 0 unspecified atom stereocenters. The van der Waals surface area contributed by atoms with Crippen molar-refractivity contribution in [1.82, 2.24) is 0 Å². The summed E-state index contributed by atoms with van der Waals surface area (Å²) in [7, 11) is 0. The summed E-state index contributed by atoms with van der Waals surface area (Å²) < 4.78 is 208. The molecule has 0 aliphatic heterocycles. The van der Waals surface area contributed by atoms with Gasteiger partial charge in [-0.3, -0.25) is 0 Å². The average Bonchev–Trinajstić information content (AvgIpc) is 2.75. The Morgan fingerprint density at radius 3 is 1.20 bits per heavy atom. The minimum absolute atomic E-state index is 0.0751. The van der Waals surface area contributed by atoms with Crippen molar-refractivity contribution in [3.05, 3.63) is 81.4 Å². The number of halogens is 15. The maximum absolute atomic E-state index is 14.1. The summed E-state index contributed by atoms with van der Waals surface area (Å²) in [4.78, 5) is 0. The minimum atomic E-state index is -5.96. The summed E-state index contributed by atoms with van der Waals surface area (Å²) in [6.45, 7) is 1.68. The molecular formula is C25H13F15. The van der Waals surface area contributed by atoms with E-state index in [2.05, 4.69) is 0 Å². The monoisotopic (exact) mass is 598 g/mol. The van der Waals surface area contributed by atoms with Crippen molar-refractivity contribution in [2.45, 2.75) is 44.7 Å². The summed E-state index contributed by atoms with van der Waals surface area (Å²) in [5.41, 5.74) is -19.0. The van der Waals surface area contributed by atoms with E-state index in [9.17, 15) is 65.9 Å². The zero-order valence-corrected chi connectivity index (χ0v) is 19.7. The Morgan fingerprint density at radius 1 is 0.400 bits per heavy atom. The number of rotatable bonds is 2. The third kappa shape index (κ3) is 6.17. The molecule has 0 spiro atoms. The molecule has 0 aliphatic rings. The third-order valence-electron chi connectivity index (χ3n) is 5.79.